The number of pyridine rings is 1. The van der Waals surface area contributed by atoms with Gasteiger partial charge < -0.3 is 5.73 Å². The van der Waals surface area contributed by atoms with E-state index in [9.17, 15) is 0 Å². The number of rotatable bonds is 5. The highest BCUT2D eigenvalue weighted by atomic mass is 14.7. The van der Waals surface area contributed by atoms with Gasteiger partial charge in [0, 0.05) is 12.4 Å². The van der Waals surface area contributed by atoms with Crippen LogP contribution in [0.2, 0.25) is 0 Å². The second kappa shape index (κ2) is 6.67. The molecule has 1 aromatic carbocycles. The van der Waals surface area contributed by atoms with E-state index in [1.807, 2.05) is 18.5 Å². The molecule has 2 N–H and O–H groups in total. The molecule has 0 aliphatic carbocycles. The normalized spacial score (nSPS) is 12.7. The van der Waals surface area contributed by atoms with Gasteiger partial charge in [-0.1, -0.05) is 45.0 Å². The second-order valence-corrected chi connectivity index (χ2v) is 5.75. The topological polar surface area (TPSA) is 38.9 Å². The van der Waals surface area contributed by atoms with E-state index in [0.717, 1.165) is 12.8 Å². The van der Waals surface area contributed by atoms with Crippen LogP contribution < -0.4 is 5.73 Å². The molecule has 2 aromatic rings. The third-order valence-electron chi connectivity index (χ3n) is 3.61. The average Bonchev–Trinajstić information content (AvgIpc) is 2.46. The van der Waals surface area contributed by atoms with Gasteiger partial charge in [0.2, 0.25) is 0 Å². The molecule has 0 bridgehead atoms. The molecule has 20 heavy (non-hydrogen) atoms. The summed E-state index contributed by atoms with van der Waals surface area (Å²) >= 11 is 0. The summed E-state index contributed by atoms with van der Waals surface area (Å²) in [6, 6.07) is 10.6. The number of aryl methyl sites for hydroxylation is 1. The van der Waals surface area contributed by atoms with Crippen molar-refractivity contribution >= 4 is 0 Å². The summed E-state index contributed by atoms with van der Waals surface area (Å²) < 4.78 is 0. The van der Waals surface area contributed by atoms with Crippen molar-refractivity contribution in [2.24, 2.45) is 11.7 Å². The van der Waals surface area contributed by atoms with Crippen LogP contribution in [0.25, 0.3) is 0 Å². The predicted molar refractivity (Wildman–Crippen MR) is 84.6 cm³/mol. The Hall–Kier alpha value is -1.67. The van der Waals surface area contributed by atoms with Gasteiger partial charge in [0.25, 0.3) is 0 Å². The summed E-state index contributed by atoms with van der Waals surface area (Å²) in [7, 11) is 0. The summed E-state index contributed by atoms with van der Waals surface area (Å²) in [5.41, 5.74) is 11.4. The van der Waals surface area contributed by atoms with Crippen LogP contribution in [-0.2, 0) is 12.8 Å². The molecule has 2 rings (SSSR count). The third kappa shape index (κ3) is 3.45. The molecule has 0 amide bonds. The average molecular weight is 268 g/mol. The first-order valence-corrected chi connectivity index (χ1v) is 7.39. The van der Waals surface area contributed by atoms with Crippen molar-refractivity contribution in [3.8, 4) is 0 Å². The molecular formula is C18H24N2. The van der Waals surface area contributed by atoms with Gasteiger partial charge in [0.15, 0.2) is 0 Å². The summed E-state index contributed by atoms with van der Waals surface area (Å²) in [6.45, 7) is 6.62. The second-order valence-electron chi connectivity index (χ2n) is 5.75. The highest BCUT2D eigenvalue weighted by Gasteiger charge is 2.13. The van der Waals surface area contributed by atoms with Crippen LogP contribution in [0.3, 0.4) is 0 Å². The van der Waals surface area contributed by atoms with Gasteiger partial charge in [0.05, 0.1) is 6.04 Å². The number of nitrogens with two attached hydrogens (primary N) is 1. The van der Waals surface area contributed by atoms with Crippen molar-refractivity contribution in [3.05, 3.63) is 65.0 Å². The molecule has 0 saturated heterocycles. The van der Waals surface area contributed by atoms with Crippen molar-refractivity contribution in [2.75, 3.05) is 0 Å². The molecular weight excluding hydrogens is 244 g/mol. The Bertz CT molecular complexity index is 561. The van der Waals surface area contributed by atoms with Crippen molar-refractivity contribution in [3.63, 3.8) is 0 Å². The van der Waals surface area contributed by atoms with E-state index in [-0.39, 0.29) is 6.04 Å². The molecule has 1 unspecified atom stereocenters. The minimum atomic E-state index is -0.0694. The summed E-state index contributed by atoms with van der Waals surface area (Å²) in [5, 5.41) is 0. The molecule has 1 aromatic heterocycles. The number of hydrogen-bond acceptors (Lipinski definition) is 2. The van der Waals surface area contributed by atoms with Gasteiger partial charge in [-0.2, -0.15) is 0 Å². The number of nitrogens with zero attached hydrogens (tertiary/aromatic N) is 1. The number of benzene rings is 1. The SMILES string of the molecule is CCc1cnccc1C(N)c1cccc(CC(C)C)c1. The van der Waals surface area contributed by atoms with Crippen LogP contribution in [0.5, 0.6) is 0 Å². The van der Waals surface area contributed by atoms with E-state index < -0.39 is 0 Å². The Morgan fingerprint density at radius 3 is 2.70 bits per heavy atom. The zero-order valence-corrected chi connectivity index (χ0v) is 12.6. The smallest absolute Gasteiger partial charge is 0.0555 e. The zero-order chi connectivity index (χ0) is 14.5. The quantitative estimate of drug-likeness (QED) is 0.893. The fraction of sp³-hybridized carbons (Fsp3) is 0.389. The van der Waals surface area contributed by atoms with E-state index in [1.165, 1.54) is 22.3 Å². The lowest BCUT2D eigenvalue weighted by Gasteiger charge is -2.17. The highest BCUT2D eigenvalue weighted by Crippen LogP contribution is 2.24. The first-order valence-electron chi connectivity index (χ1n) is 7.39. The van der Waals surface area contributed by atoms with E-state index in [0.29, 0.717) is 5.92 Å². The Morgan fingerprint density at radius 2 is 2.00 bits per heavy atom. The Morgan fingerprint density at radius 1 is 1.20 bits per heavy atom. The van der Waals surface area contributed by atoms with E-state index in [2.05, 4.69) is 50.0 Å². The summed E-state index contributed by atoms with van der Waals surface area (Å²) in [4.78, 5) is 4.19. The zero-order valence-electron chi connectivity index (χ0n) is 12.6. The fourth-order valence-corrected chi connectivity index (χ4v) is 2.60. The lowest BCUT2D eigenvalue weighted by molar-refractivity contribution is 0.646. The number of hydrogen-bond donors (Lipinski definition) is 1. The van der Waals surface area contributed by atoms with Gasteiger partial charge in [-0.15, -0.1) is 0 Å². The molecule has 1 atom stereocenters. The maximum atomic E-state index is 6.46. The minimum Gasteiger partial charge on any atom is -0.320 e. The molecule has 0 saturated carbocycles. The van der Waals surface area contributed by atoms with Crippen molar-refractivity contribution < 1.29 is 0 Å². The lowest BCUT2D eigenvalue weighted by Crippen LogP contribution is -2.14. The largest absolute Gasteiger partial charge is 0.320 e. The van der Waals surface area contributed by atoms with E-state index in [1.54, 1.807) is 0 Å². The van der Waals surface area contributed by atoms with Crippen LogP contribution in [0.15, 0.2) is 42.7 Å². The van der Waals surface area contributed by atoms with Gasteiger partial charge in [-0.3, -0.25) is 4.98 Å². The van der Waals surface area contributed by atoms with Crippen molar-refractivity contribution in [2.45, 2.75) is 39.7 Å². The van der Waals surface area contributed by atoms with Crippen LogP contribution in [0.4, 0.5) is 0 Å². The van der Waals surface area contributed by atoms with Gasteiger partial charge in [0.1, 0.15) is 0 Å². The molecule has 0 radical (unpaired) electrons. The monoisotopic (exact) mass is 268 g/mol. The van der Waals surface area contributed by atoms with Crippen LogP contribution >= 0.6 is 0 Å². The van der Waals surface area contributed by atoms with Crippen LogP contribution in [-0.4, -0.2) is 4.98 Å². The molecule has 1 heterocycles. The first kappa shape index (κ1) is 14.7. The predicted octanol–water partition coefficient (Wildman–Crippen LogP) is 3.89. The van der Waals surface area contributed by atoms with Gasteiger partial charge in [-0.25, -0.2) is 0 Å². The molecule has 0 fully saturated rings. The summed E-state index contributed by atoms with van der Waals surface area (Å²) in [6.07, 6.45) is 5.81. The van der Waals surface area contributed by atoms with E-state index in [4.69, 9.17) is 5.73 Å². The molecule has 0 aliphatic heterocycles. The highest BCUT2D eigenvalue weighted by molar-refractivity contribution is 5.37. The molecule has 106 valence electrons. The maximum absolute atomic E-state index is 6.46. The first-order chi connectivity index (χ1) is 9.61. The minimum absolute atomic E-state index is 0.0694. The summed E-state index contributed by atoms with van der Waals surface area (Å²) in [5.74, 6) is 0.661. The van der Waals surface area contributed by atoms with Gasteiger partial charge >= 0.3 is 0 Å². The maximum Gasteiger partial charge on any atom is 0.0555 e. The fourth-order valence-electron chi connectivity index (χ4n) is 2.60. The van der Waals surface area contributed by atoms with Gasteiger partial charge in [-0.05, 0) is 47.1 Å². The number of aromatic nitrogens is 1. The Balaban J connectivity index is 2.30. The standard InChI is InChI=1S/C18H24N2/c1-4-15-12-20-9-8-17(15)18(19)16-7-5-6-14(11-16)10-13(2)3/h5-9,11-13,18H,4,10,19H2,1-3H3. The van der Waals surface area contributed by atoms with Crippen molar-refractivity contribution in [1.82, 2.24) is 4.98 Å². The van der Waals surface area contributed by atoms with Crippen molar-refractivity contribution in [1.29, 1.82) is 0 Å². The molecule has 2 nitrogen and oxygen atoms in total. The third-order valence-corrected chi connectivity index (χ3v) is 3.61. The Labute approximate surface area is 122 Å². The molecule has 0 aliphatic rings. The van der Waals surface area contributed by atoms with E-state index >= 15 is 0 Å². The lowest BCUT2D eigenvalue weighted by atomic mass is 9.93. The van der Waals surface area contributed by atoms with Crippen LogP contribution in [0, 0.1) is 5.92 Å². The van der Waals surface area contributed by atoms with Crippen LogP contribution in [0.1, 0.15) is 49.1 Å². The molecule has 0 spiro atoms. The molecule has 2 heteroatoms. The Kier molecular flexibility index (Phi) is 4.91.